The van der Waals surface area contributed by atoms with Gasteiger partial charge in [-0.05, 0) is 11.6 Å². The number of amides is 2. The van der Waals surface area contributed by atoms with Crippen LogP contribution in [0.1, 0.15) is 12.0 Å². The molecule has 1 aromatic carbocycles. The predicted molar refractivity (Wildman–Crippen MR) is 78.9 cm³/mol. The third-order valence-corrected chi connectivity index (χ3v) is 3.70. The van der Waals surface area contributed by atoms with Crippen LogP contribution in [0, 0.1) is 5.92 Å². The molecule has 1 fully saturated rings. The average molecular weight is 296 g/mol. The Morgan fingerprint density at radius 1 is 1.30 bits per heavy atom. The van der Waals surface area contributed by atoms with Gasteiger partial charge in [0, 0.05) is 38.3 Å². The zero-order valence-corrected chi connectivity index (χ0v) is 11.9. The summed E-state index contributed by atoms with van der Waals surface area (Å²) in [6.45, 7) is 2.67. The van der Waals surface area contributed by atoms with Crippen molar-refractivity contribution in [1.29, 1.82) is 0 Å². The van der Waals surface area contributed by atoms with E-state index < -0.39 is 0 Å². The molecule has 0 aliphatic carbocycles. The second-order valence-electron chi connectivity index (χ2n) is 5.00. The third-order valence-electron chi connectivity index (χ3n) is 3.70. The predicted octanol–water partition coefficient (Wildman–Crippen LogP) is 0.681. The van der Waals surface area contributed by atoms with Gasteiger partial charge in [0.05, 0.1) is 5.92 Å². The molecule has 0 radical (unpaired) electrons. The van der Waals surface area contributed by atoms with Crippen LogP contribution in [0.5, 0.6) is 0 Å². The van der Waals surface area contributed by atoms with Gasteiger partial charge in [0.1, 0.15) is 0 Å². The Hall–Kier alpha value is -1.59. The highest BCUT2D eigenvalue weighted by molar-refractivity contribution is 5.99. The van der Waals surface area contributed by atoms with E-state index in [-0.39, 0.29) is 30.1 Å². The van der Waals surface area contributed by atoms with E-state index in [4.69, 9.17) is 0 Å². The molecule has 0 bridgehead atoms. The van der Waals surface area contributed by atoms with Crippen molar-refractivity contribution >= 4 is 29.9 Å². The summed E-state index contributed by atoms with van der Waals surface area (Å²) in [5.74, 6) is -0.201. The molecule has 0 saturated carbocycles. The molecule has 0 spiro atoms. The van der Waals surface area contributed by atoms with Gasteiger partial charge < -0.3 is 15.5 Å². The van der Waals surface area contributed by atoms with Crippen molar-refractivity contribution in [3.05, 3.63) is 29.8 Å². The Morgan fingerprint density at radius 3 is 2.85 bits per heavy atom. The number of anilines is 1. The molecule has 5 nitrogen and oxygen atoms in total. The minimum Gasteiger partial charge on any atom is -0.355 e. The Balaban J connectivity index is 0.00000147. The van der Waals surface area contributed by atoms with Crippen molar-refractivity contribution in [2.45, 2.75) is 13.0 Å². The zero-order valence-electron chi connectivity index (χ0n) is 11.1. The average Bonchev–Trinajstić information content (AvgIpc) is 2.74. The molecule has 1 saturated heterocycles. The van der Waals surface area contributed by atoms with Gasteiger partial charge in [0.25, 0.3) is 0 Å². The topological polar surface area (TPSA) is 61.4 Å². The van der Waals surface area contributed by atoms with Gasteiger partial charge in [-0.3, -0.25) is 9.59 Å². The lowest BCUT2D eigenvalue weighted by Crippen LogP contribution is -2.39. The summed E-state index contributed by atoms with van der Waals surface area (Å²) in [6.07, 6.45) is 0.310. The lowest BCUT2D eigenvalue weighted by molar-refractivity contribution is -0.124. The van der Waals surface area contributed by atoms with Gasteiger partial charge in [-0.2, -0.15) is 0 Å². The van der Waals surface area contributed by atoms with Crippen LogP contribution >= 0.6 is 12.4 Å². The van der Waals surface area contributed by atoms with Crippen molar-refractivity contribution in [2.75, 3.05) is 24.5 Å². The first-order valence-corrected chi connectivity index (χ1v) is 6.62. The Morgan fingerprint density at radius 2 is 2.10 bits per heavy atom. The maximum Gasteiger partial charge on any atom is 0.232 e. The largest absolute Gasteiger partial charge is 0.355 e. The van der Waals surface area contributed by atoms with E-state index in [1.165, 1.54) is 0 Å². The van der Waals surface area contributed by atoms with Crippen molar-refractivity contribution in [1.82, 2.24) is 10.6 Å². The van der Waals surface area contributed by atoms with Crippen LogP contribution in [0.25, 0.3) is 0 Å². The summed E-state index contributed by atoms with van der Waals surface area (Å²) in [5, 5.41) is 6.04. The number of nitrogens with zero attached hydrogens (tertiary/aromatic N) is 1. The van der Waals surface area contributed by atoms with Gasteiger partial charge in [0.15, 0.2) is 0 Å². The van der Waals surface area contributed by atoms with Crippen molar-refractivity contribution in [3.63, 3.8) is 0 Å². The van der Waals surface area contributed by atoms with E-state index in [9.17, 15) is 9.59 Å². The van der Waals surface area contributed by atoms with Gasteiger partial charge in [-0.15, -0.1) is 12.4 Å². The van der Waals surface area contributed by atoms with Gasteiger partial charge in [-0.25, -0.2) is 0 Å². The standard InChI is InChI=1S/C14H17N3O2.ClH/c18-13-7-11(9-16-13)14(19)17-6-5-15-8-10-3-1-2-4-12(10)17;/h1-4,11,15H,5-9H2,(H,16,18);1H. The van der Waals surface area contributed by atoms with Crippen LogP contribution in [-0.2, 0) is 16.1 Å². The third kappa shape index (κ3) is 2.78. The molecule has 0 aromatic heterocycles. The number of carbonyl (C=O) groups is 2. The van der Waals surface area contributed by atoms with Crippen LogP contribution in [0.2, 0.25) is 0 Å². The summed E-state index contributed by atoms with van der Waals surface area (Å²) in [5.41, 5.74) is 2.10. The van der Waals surface area contributed by atoms with Crippen LogP contribution in [0.4, 0.5) is 5.69 Å². The number of halogens is 1. The second-order valence-corrected chi connectivity index (χ2v) is 5.00. The fraction of sp³-hybridized carbons (Fsp3) is 0.429. The highest BCUT2D eigenvalue weighted by atomic mass is 35.5. The number of nitrogens with one attached hydrogen (secondary N) is 2. The summed E-state index contributed by atoms with van der Waals surface area (Å²) in [6, 6.07) is 7.94. The lowest BCUT2D eigenvalue weighted by atomic mass is 10.1. The molecule has 3 rings (SSSR count). The number of fused-ring (bicyclic) bond motifs is 1. The summed E-state index contributed by atoms with van der Waals surface area (Å²) in [4.78, 5) is 25.6. The normalized spacial score (nSPS) is 21.5. The zero-order chi connectivity index (χ0) is 13.2. The highest BCUT2D eigenvalue weighted by Gasteiger charge is 2.32. The van der Waals surface area contributed by atoms with E-state index in [0.29, 0.717) is 19.5 Å². The molecule has 2 aliphatic rings. The maximum atomic E-state index is 12.6. The van der Waals surface area contributed by atoms with Crippen LogP contribution < -0.4 is 15.5 Å². The van der Waals surface area contributed by atoms with Crippen LogP contribution in [0.15, 0.2) is 24.3 Å². The molecule has 2 heterocycles. The van der Waals surface area contributed by atoms with E-state index in [2.05, 4.69) is 10.6 Å². The van der Waals surface area contributed by atoms with E-state index in [1.807, 2.05) is 29.2 Å². The van der Waals surface area contributed by atoms with E-state index in [0.717, 1.165) is 24.3 Å². The first kappa shape index (κ1) is 14.8. The molecular weight excluding hydrogens is 278 g/mol. The molecule has 20 heavy (non-hydrogen) atoms. The van der Waals surface area contributed by atoms with Gasteiger partial charge >= 0.3 is 0 Å². The lowest BCUT2D eigenvalue weighted by Gasteiger charge is -2.24. The molecular formula is C14H18ClN3O2. The Labute approximate surface area is 124 Å². The molecule has 2 amide bonds. The molecule has 1 unspecified atom stereocenters. The first-order valence-electron chi connectivity index (χ1n) is 6.62. The molecule has 2 aliphatic heterocycles. The molecule has 1 atom stereocenters. The quantitative estimate of drug-likeness (QED) is 0.801. The van der Waals surface area contributed by atoms with Crippen molar-refractivity contribution in [2.24, 2.45) is 5.92 Å². The SMILES string of the molecule is Cl.O=C1CC(C(=O)N2CCNCc3ccccc32)CN1. The second kappa shape index (κ2) is 6.24. The van der Waals surface area contributed by atoms with Crippen molar-refractivity contribution < 1.29 is 9.59 Å². The number of hydrogen-bond acceptors (Lipinski definition) is 3. The number of hydrogen-bond donors (Lipinski definition) is 2. The van der Waals surface area contributed by atoms with Gasteiger partial charge in [0.2, 0.25) is 11.8 Å². The fourth-order valence-electron chi connectivity index (χ4n) is 2.69. The van der Waals surface area contributed by atoms with Crippen molar-refractivity contribution in [3.8, 4) is 0 Å². The summed E-state index contributed by atoms with van der Waals surface area (Å²) in [7, 11) is 0. The Kier molecular flexibility index (Phi) is 4.62. The number of rotatable bonds is 1. The fourth-order valence-corrected chi connectivity index (χ4v) is 2.69. The number of para-hydroxylation sites is 1. The minimum atomic E-state index is -0.223. The van der Waals surface area contributed by atoms with E-state index in [1.54, 1.807) is 0 Å². The minimum absolute atomic E-state index is 0. The monoisotopic (exact) mass is 295 g/mol. The first-order chi connectivity index (χ1) is 9.25. The number of benzene rings is 1. The van der Waals surface area contributed by atoms with Gasteiger partial charge in [-0.1, -0.05) is 18.2 Å². The maximum absolute atomic E-state index is 12.6. The molecule has 6 heteroatoms. The Bertz CT molecular complexity index is 521. The summed E-state index contributed by atoms with van der Waals surface area (Å²) >= 11 is 0. The van der Waals surface area contributed by atoms with Crippen LogP contribution in [0.3, 0.4) is 0 Å². The molecule has 1 aromatic rings. The smallest absolute Gasteiger partial charge is 0.232 e. The summed E-state index contributed by atoms with van der Waals surface area (Å²) < 4.78 is 0. The molecule has 108 valence electrons. The van der Waals surface area contributed by atoms with Crippen LogP contribution in [-0.4, -0.2) is 31.4 Å². The number of carbonyl (C=O) groups excluding carboxylic acids is 2. The highest BCUT2D eigenvalue weighted by Crippen LogP contribution is 2.25. The van der Waals surface area contributed by atoms with E-state index >= 15 is 0 Å². The molecule has 2 N–H and O–H groups in total.